The highest BCUT2D eigenvalue weighted by Crippen LogP contribution is 2.43. The van der Waals surface area contributed by atoms with Crippen molar-refractivity contribution in [3.63, 3.8) is 0 Å². The van der Waals surface area contributed by atoms with Gasteiger partial charge in [0.25, 0.3) is 0 Å². The van der Waals surface area contributed by atoms with Gasteiger partial charge in [-0.15, -0.1) is 0 Å². The molecule has 0 amide bonds. The molecule has 2 aliphatic rings. The Morgan fingerprint density at radius 2 is 2.00 bits per heavy atom. The van der Waals surface area contributed by atoms with E-state index in [1.807, 2.05) is 0 Å². The van der Waals surface area contributed by atoms with Gasteiger partial charge in [0.15, 0.2) is 0 Å². The number of benzene rings is 1. The van der Waals surface area contributed by atoms with Crippen LogP contribution in [0.25, 0.3) is 0 Å². The Morgan fingerprint density at radius 1 is 1.24 bits per heavy atom. The van der Waals surface area contributed by atoms with Crippen molar-refractivity contribution in [2.45, 2.75) is 43.8 Å². The van der Waals surface area contributed by atoms with E-state index in [2.05, 4.69) is 46.9 Å². The lowest BCUT2D eigenvalue weighted by molar-refractivity contribution is -0.153. The van der Waals surface area contributed by atoms with E-state index < -0.39 is 0 Å². The maximum atomic E-state index is 6.06. The summed E-state index contributed by atoms with van der Waals surface area (Å²) in [5.41, 5.74) is 0.173. The summed E-state index contributed by atoms with van der Waals surface area (Å²) in [5.74, 6) is 0.992. The van der Waals surface area contributed by atoms with E-state index in [0.29, 0.717) is 6.10 Å². The van der Waals surface area contributed by atoms with Crippen molar-refractivity contribution >= 4 is 22.6 Å². The molecule has 0 bridgehead atoms. The molecule has 1 heterocycles. The lowest BCUT2D eigenvalue weighted by Crippen LogP contribution is -2.48. The van der Waals surface area contributed by atoms with Crippen molar-refractivity contribution in [2.75, 3.05) is 6.61 Å². The quantitative estimate of drug-likeness (QED) is 0.761. The van der Waals surface area contributed by atoms with E-state index in [4.69, 9.17) is 9.47 Å². The van der Waals surface area contributed by atoms with E-state index >= 15 is 0 Å². The maximum absolute atomic E-state index is 6.06. The first-order chi connectivity index (χ1) is 8.26. The Morgan fingerprint density at radius 3 is 2.65 bits per heavy atom. The van der Waals surface area contributed by atoms with Crippen molar-refractivity contribution < 1.29 is 9.47 Å². The molecular weight excluding hydrogens is 327 g/mol. The second-order valence-corrected chi connectivity index (χ2v) is 6.32. The van der Waals surface area contributed by atoms with E-state index in [1.54, 1.807) is 0 Å². The van der Waals surface area contributed by atoms with Crippen LogP contribution < -0.4 is 4.74 Å². The molecule has 1 aromatic carbocycles. The standard InChI is InChI=1S/C14H17IO2/c15-11-2-4-12(5-3-11)17-13-6-9-16-14(10-13)7-1-8-14/h2-5,13H,1,6-10H2. The molecule has 1 aliphatic heterocycles. The summed E-state index contributed by atoms with van der Waals surface area (Å²) in [6.07, 6.45) is 6.19. The summed E-state index contributed by atoms with van der Waals surface area (Å²) in [6.45, 7) is 0.856. The van der Waals surface area contributed by atoms with Crippen molar-refractivity contribution in [3.8, 4) is 5.75 Å². The van der Waals surface area contributed by atoms with Crippen LogP contribution in [0.2, 0.25) is 0 Å². The molecule has 1 spiro atoms. The minimum atomic E-state index is 0.173. The number of hydrogen-bond donors (Lipinski definition) is 0. The second kappa shape index (κ2) is 4.76. The topological polar surface area (TPSA) is 18.5 Å². The van der Waals surface area contributed by atoms with E-state index in [-0.39, 0.29) is 5.60 Å². The van der Waals surface area contributed by atoms with Crippen LogP contribution in [-0.2, 0) is 4.74 Å². The molecule has 0 radical (unpaired) electrons. The van der Waals surface area contributed by atoms with Crippen LogP contribution in [0.1, 0.15) is 32.1 Å². The van der Waals surface area contributed by atoms with Crippen LogP contribution in [0.5, 0.6) is 5.75 Å². The van der Waals surface area contributed by atoms with Gasteiger partial charge < -0.3 is 9.47 Å². The maximum Gasteiger partial charge on any atom is 0.119 e. The van der Waals surface area contributed by atoms with Crippen LogP contribution in [-0.4, -0.2) is 18.3 Å². The highest BCUT2D eigenvalue weighted by molar-refractivity contribution is 14.1. The van der Waals surface area contributed by atoms with Crippen LogP contribution in [0, 0.1) is 3.57 Å². The highest BCUT2D eigenvalue weighted by Gasteiger charge is 2.43. The fourth-order valence-corrected chi connectivity index (χ4v) is 3.07. The van der Waals surface area contributed by atoms with Crippen molar-refractivity contribution in [3.05, 3.63) is 27.8 Å². The molecule has 3 rings (SSSR count). The molecule has 92 valence electrons. The summed E-state index contributed by atoms with van der Waals surface area (Å²) in [6, 6.07) is 8.30. The van der Waals surface area contributed by atoms with E-state index in [1.165, 1.54) is 22.8 Å². The van der Waals surface area contributed by atoms with Gasteiger partial charge in [0.2, 0.25) is 0 Å². The van der Waals surface area contributed by atoms with E-state index in [9.17, 15) is 0 Å². The van der Waals surface area contributed by atoms with Gasteiger partial charge in [0, 0.05) is 16.4 Å². The third-order valence-corrected chi connectivity index (χ3v) is 4.55. The Hall–Kier alpha value is -0.290. The van der Waals surface area contributed by atoms with Crippen molar-refractivity contribution in [1.82, 2.24) is 0 Å². The lowest BCUT2D eigenvalue weighted by atomic mass is 9.74. The van der Waals surface area contributed by atoms with Gasteiger partial charge in [-0.25, -0.2) is 0 Å². The van der Waals surface area contributed by atoms with Gasteiger partial charge in [0.05, 0.1) is 12.2 Å². The normalized spacial score (nSPS) is 26.5. The zero-order chi connectivity index (χ0) is 11.7. The number of ether oxygens (including phenoxy) is 2. The predicted molar refractivity (Wildman–Crippen MR) is 75.3 cm³/mol. The number of halogens is 1. The van der Waals surface area contributed by atoms with Gasteiger partial charge >= 0.3 is 0 Å². The Balaban J connectivity index is 1.63. The summed E-state index contributed by atoms with van der Waals surface area (Å²) in [5, 5.41) is 0. The van der Waals surface area contributed by atoms with Crippen molar-refractivity contribution in [1.29, 1.82) is 0 Å². The molecule has 1 saturated heterocycles. The third-order valence-electron chi connectivity index (χ3n) is 3.83. The zero-order valence-electron chi connectivity index (χ0n) is 9.82. The molecule has 2 nitrogen and oxygen atoms in total. The van der Waals surface area contributed by atoms with Gasteiger partial charge in [-0.05, 0) is 66.1 Å². The average molecular weight is 344 g/mol. The largest absolute Gasteiger partial charge is 0.490 e. The number of hydrogen-bond acceptors (Lipinski definition) is 2. The molecule has 1 aliphatic carbocycles. The smallest absolute Gasteiger partial charge is 0.119 e. The molecule has 0 aromatic heterocycles. The first-order valence-electron chi connectivity index (χ1n) is 6.32. The molecule has 1 atom stereocenters. The van der Waals surface area contributed by atoms with Crippen LogP contribution in [0.15, 0.2) is 24.3 Å². The van der Waals surface area contributed by atoms with Gasteiger partial charge in [0.1, 0.15) is 11.9 Å². The monoisotopic (exact) mass is 344 g/mol. The molecular formula is C14H17IO2. The fourth-order valence-electron chi connectivity index (χ4n) is 2.71. The molecule has 0 N–H and O–H groups in total. The van der Waals surface area contributed by atoms with E-state index in [0.717, 1.165) is 25.2 Å². The first kappa shape index (κ1) is 11.8. The minimum Gasteiger partial charge on any atom is -0.490 e. The van der Waals surface area contributed by atoms with Crippen LogP contribution in [0.4, 0.5) is 0 Å². The zero-order valence-corrected chi connectivity index (χ0v) is 12.0. The molecule has 3 heteroatoms. The lowest BCUT2D eigenvalue weighted by Gasteiger charge is -2.46. The summed E-state index contributed by atoms with van der Waals surface area (Å²) >= 11 is 2.31. The Kier molecular flexibility index (Phi) is 3.30. The predicted octanol–water partition coefficient (Wildman–Crippen LogP) is 3.77. The summed E-state index contributed by atoms with van der Waals surface area (Å²) in [4.78, 5) is 0. The number of rotatable bonds is 2. The van der Waals surface area contributed by atoms with Crippen molar-refractivity contribution in [2.24, 2.45) is 0 Å². The summed E-state index contributed by atoms with van der Waals surface area (Å²) < 4.78 is 13.2. The molecule has 1 saturated carbocycles. The molecule has 1 unspecified atom stereocenters. The highest BCUT2D eigenvalue weighted by atomic mass is 127. The second-order valence-electron chi connectivity index (χ2n) is 5.07. The molecule has 2 fully saturated rings. The van der Waals surface area contributed by atoms with Crippen LogP contribution >= 0.6 is 22.6 Å². The third kappa shape index (κ3) is 2.60. The average Bonchev–Trinajstić information content (AvgIpc) is 2.31. The minimum absolute atomic E-state index is 0.173. The molecule has 17 heavy (non-hydrogen) atoms. The first-order valence-corrected chi connectivity index (χ1v) is 7.40. The Labute approximate surface area is 116 Å². The van der Waals surface area contributed by atoms with Gasteiger partial charge in [-0.2, -0.15) is 0 Å². The Bertz CT molecular complexity index is 384. The van der Waals surface area contributed by atoms with Gasteiger partial charge in [-0.3, -0.25) is 0 Å². The SMILES string of the molecule is Ic1ccc(OC2CCOC3(CCC3)C2)cc1. The van der Waals surface area contributed by atoms with Gasteiger partial charge in [-0.1, -0.05) is 0 Å². The summed E-state index contributed by atoms with van der Waals surface area (Å²) in [7, 11) is 0. The fraction of sp³-hybridized carbons (Fsp3) is 0.571. The van der Waals surface area contributed by atoms with Crippen LogP contribution in [0.3, 0.4) is 0 Å². The molecule has 1 aromatic rings.